The quantitative estimate of drug-likeness (QED) is 0.568. The van der Waals surface area contributed by atoms with Gasteiger partial charge in [-0.1, -0.05) is 18.2 Å². The molecule has 0 aliphatic carbocycles. The third-order valence-electron chi connectivity index (χ3n) is 4.59. The maximum Gasteiger partial charge on any atom is 0.420 e. The third kappa shape index (κ3) is 3.29. The summed E-state index contributed by atoms with van der Waals surface area (Å²) in [7, 11) is 1.58. The van der Waals surface area contributed by atoms with Gasteiger partial charge in [0.25, 0.3) is 5.91 Å². The summed E-state index contributed by atoms with van der Waals surface area (Å²) in [5, 5.41) is 2.48. The van der Waals surface area contributed by atoms with E-state index in [0.29, 0.717) is 22.6 Å². The largest absolute Gasteiger partial charge is 0.420 e. The lowest BCUT2D eigenvalue weighted by Gasteiger charge is -2.09. The first-order chi connectivity index (χ1) is 13.8. The Morgan fingerprint density at radius 1 is 1.10 bits per heavy atom. The minimum Gasteiger partial charge on any atom is -0.406 e. The Morgan fingerprint density at radius 2 is 1.76 bits per heavy atom. The number of hydrogen-bond acceptors (Lipinski definition) is 4. The van der Waals surface area contributed by atoms with Gasteiger partial charge in [0.15, 0.2) is 11.2 Å². The summed E-state index contributed by atoms with van der Waals surface area (Å²) in [5.74, 6) is -3.24. The highest BCUT2D eigenvalue weighted by Crippen LogP contribution is 2.27. The van der Waals surface area contributed by atoms with Crippen molar-refractivity contribution in [2.24, 2.45) is 7.05 Å². The van der Waals surface area contributed by atoms with E-state index >= 15 is 0 Å². The van der Waals surface area contributed by atoms with E-state index in [0.717, 1.165) is 23.3 Å². The minimum absolute atomic E-state index is 0.366. The highest BCUT2D eigenvalue weighted by atomic mass is 19.1. The summed E-state index contributed by atoms with van der Waals surface area (Å²) in [5.41, 5.74) is 2.78. The van der Waals surface area contributed by atoms with Gasteiger partial charge in [0.1, 0.15) is 17.2 Å². The lowest BCUT2D eigenvalue weighted by atomic mass is 10.0. The molecule has 146 valence electrons. The number of anilines is 1. The monoisotopic (exact) mass is 395 g/mol. The van der Waals surface area contributed by atoms with Crippen molar-refractivity contribution < 1.29 is 18.0 Å². The van der Waals surface area contributed by atoms with Crippen LogP contribution in [0.3, 0.4) is 0 Å². The standard InChI is InChI=1S/C21H15F2N3O3/c1-11-14(10-17-19(24-11)26(2)21(28)29-17)12-6-8-13(9-7-12)25-20(27)18-15(22)4-3-5-16(18)23/h3-10H,1-2H3,(H,25,27). The fraction of sp³-hybridized carbons (Fsp3) is 0.0952. The molecule has 0 aliphatic rings. The topological polar surface area (TPSA) is 77.1 Å². The molecular weight excluding hydrogens is 380 g/mol. The van der Waals surface area contributed by atoms with Gasteiger partial charge in [-0.05, 0) is 42.8 Å². The van der Waals surface area contributed by atoms with Crippen molar-refractivity contribution in [2.75, 3.05) is 5.32 Å². The number of nitrogens with zero attached hydrogens (tertiary/aromatic N) is 2. The van der Waals surface area contributed by atoms with Gasteiger partial charge in [0.05, 0.1) is 0 Å². The number of nitrogens with one attached hydrogen (secondary N) is 1. The Balaban J connectivity index is 1.63. The highest BCUT2D eigenvalue weighted by molar-refractivity contribution is 6.04. The summed E-state index contributed by atoms with van der Waals surface area (Å²) < 4.78 is 34.0. The van der Waals surface area contributed by atoms with Crippen LogP contribution in [-0.4, -0.2) is 15.5 Å². The zero-order valence-electron chi connectivity index (χ0n) is 15.5. The van der Waals surface area contributed by atoms with E-state index in [1.165, 1.54) is 10.6 Å². The lowest BCUT2D eigenvalue weighted by Crippen LogP contribution is -2.15. The smallest absolute Gasteiger partial charge is 0.406 e. The van der Waals surface area contributed by atoms with Gasteiger partial charge in [0.2, 0.25) is 0 Å². The fourth-order valence-electron chi connectivity index (χ4n) is 3.07. The third-order valence-corrected chi connectivity index (χ3v) is 4.59. The van der Waals surface area contributed by atoms with Crippen molar-refractivity contribution in [1.82, 2.24) is 9.55 Å². The zero-order valence-corrected chi connectivity index (χ0v) is 15.5. The van der Waals surface area contributed by atoms with E-state index in [1.54, 1.807) is 37.4 Å². The summed E-state index contributed by atoms with van der Waals surface area (Å²) >= 11 is 0. The van der Waals surface area contributed by atoms with Crippen molar-refractivity contribution in [1.29, 1.82) is 0 Å². The van der Waals surface area contributed by atoms with E-state index in [9.17, 15) is 18.4 Å². The first kappa shape index (κ1) is 18.5. The first-order valence-electron chi connectivity index (χ1n) is 8.68. The number of halogens is 2. The van der Waals surface area contributed by atoms with Crippen molar-refractivity contribution >= 4 is 22.8 Å². The molecule has 29 heavy (non-hydrogen) atoms. The second kappa shape index (κ2) is 6.97. The van der Waals surface area contributed by atoms with Crippen molar-refractivity contribution in [3.63, 3.8) is 0 Å². The van der Waals surface area contributed by atoms with Crippen LogP contribution in [0.2, 0.25) is 0 Å². The number of rotatable bonds is 3. The molecule has 0 fully saturated rings. The van der Waals surface area contributed by atoms with Gasteiger partial charge in [-0.15, -0.1) is 0 Å². The average Bonchev–Trinajstić information content (AvgIpc) is 2.95. The Kier molecular flexibility index (Phi) is 4.46. The van der Waals surface area contributed by atoms with Gasteiger partial charge in [-0.25, -0.2) is 18.6 Å². The molecule has 0 aliphatic heterocycles. The number of benzene rings is 2. The number of aromatic nitrogens is 2. The van der Waals surface area contributed by atoms with Crippen LogP contribution in [0.5, 0.6) is 0 Å². The van der Waals surface area contributed by atoms with Gasteiger partial charge >= 0.3 is 5.76 Å². The van der Waals surface area contributed by atoms with Crippen LogP contribution >= 0.6 is 0 Å². The predicted molar refractivity (Wildman–Crippen MR) is 104 cm³/mol. The van der Waals surface area contributed by atoms with Crippen molar-refractivity contribution in [2.45, 2.75) is 6.92 Å². The molecule has 0 spiro atoms. The number of oxazole rings is 1. The van der Waals surface area contributed by atoms with Crippen LogP contribution in [-0.2, 0) is 7.05 Å². The normalized spacial score (nSPS) is 11.0. The molecule has 2 heterocycles. The summed E-state index contributed by atoms with van der Waals surface area (Å²) in [6, 6.07) is 11.6. The van der Waals surface area contributed by atoms with Crippen molar-refractivity contribution in [3.05, 3.63) is 82.0 Å². The molecule has 0 bridgehead atoms. The molecule has 4 rings (SSSR count). The molecule has 8 heteroatoms. The van der Waals surface area contributed by atoms with Gasteiger partial charge in [-0.2, -0.15) is 0 Å². The lowest BCUT2D eigenvalue weighted by molar-refractivity contribution is 0.101. The summed E-state index contributed by atoms with van der Waals surface area (Å²) in [6.45, 7) is 1.81. The molecule has 1 N–H and O–H groups in total. The molecule has 2 aromatic carbocycles. The van der Waals surface area contributed by atoms with Gasteiger partial charge in [0, 0.05) is 24.0 Å². The Bertz CT molecular complexity index is 1290. The van der Waals surface area contributed by atoms with Crippen LogP contribution in [0, 0.1) is 18.6 Å². The van der Waals surface area contributed by atoms with Crippen LogP contribution in [0.15, 0.2) is 57.7 Å². The van der Waals surface area contributed by atoms with Crippen molar-refractivity contribution in [3.8, 4) is 11.1 Å². The van der Waals surface area contributed by atoms with E-state index in [2.05, 4.69) is 10.3 Å². The van der Waals surface area contributed by atoms with Crippen LogP contribution < -0.4 is 11.1 Å². The molecular formula is C21H15F2N3O3. The summed E-state index contributed by atoms with van der Waals surface area (Å²) in [6.07, 6.45) is 0. The Hall–Kier alpha value is -3.81. The maximum atomic E-state index is 13.8. The predicted octanol–water partition coefficient (Wildman–Crippen LogP) is 4.03. The number of hydrogen-bond donors (Lipinski definition) is 1. The average molecular weight is 395 g/mol. The van der Waals surface area contributed by atoms with Gasteiger partial charge < -0.3 is 9.73 Å². The Morgan fingerprint density at radius 3 is 2.41 bits per heavy atom. The molecule has 0 saturated carbocycles. The molecule has 0 atom stereocenters. The number of fused-ring (bicyclic) bond motifs is 1. The second-order valence-corrected chi connectivity index (χ2v) is 6.50. The Labute approximate surface area is 163 Å². The van der Waals surface area contributed by atoms with E-state index in [4.69, 9.17) is 4.42 Å². The van der Waals surface area contributed by atoms with Crippen LogP contribution in [0.4, 0.5) is 14.5 Å². The minimum atomic E-state index is -0.932. The maximum absolute atomic E-state index is 13.8. The second-order valence-electron chi connectivity index (χ2n) is 6.50. The zero-order chi connectivity index (χ0) is 20.7. The molecule has 0 saturated heterocycles. The number of amides is 1. The van der Waals surface area contributed by atoms with Gasteiger partial charge in [-0.3, -0.25) is 9.36 Å². The molecule has 2 aromatic heterocycles. The number of aryl methyl sites for hydroxylation is 2. The molecule has 1 amide bonds. The summed E-state index contributed by atoms with van der Waals surface area (Å²) in [4.78, 5) is 28.3. The van der Waals surface area contributed by atoms with Crippen LogP contribution in [0.1, 0.15) is 16.1 Å². The highest BCUT2D eigenvalue weighted by Gasteiger charge is 2.17. The molecule has 0 unspecified atom stereocenters. The first-order valence-corrected chi connectivity index (χ1v) is 8.68. The molecule has 0 radical (unpaired) electrons. The number of carbonyl (C=O) groups is 1. The van der Waals surface area contributed by atoms with E-state index < -0.39 is 28.9 Å². The van der Waals surface area contributed by atoms with Crippen LogP contribution in [0.25, 0.3) is 22.4 Å². The van der Waals surface area contributed by atoms with E-state index in [-0.39, 0.29) is 0 Å². The number of pyridine rings is 1. The molecule has 6 nitrogen and oxygen atoms in total. The SMILES string of the molecule is Cc1nc2c(cc1-c1ccc(NC(=O)c3c(F)cccc3F)cc1)oc(=O)n2C. The fourth-order valence-corrected chi connectivity index (χ4v) is 3.07. The molecule has 4 aromatic rings. The number of carbonyl (C=O) groups excluding carboxylic acids is 1. The van der Waals surface area contributed by atoms with E-state index in [1.807, 2.05) is 6.92 Å².